The van der Waals surface area contributed by atoms with E-state index in [0.29, 0.717) is 18.1 Å². The molecule has 1 aromatic rings. The highest BCUT2D eigenvalue weighted by atomic mass is 35.5. The lowest BCUT2D eigenvalue weighted by atomic mass is 10.1. The highest BCUT2D eigenvalue weighted by molar-refractivity contribution is 6.30. The summed E-state index contributed by atoms with van der Waals surface area (Å²) in [5, 5.41) is 0.629. The van der Waals surface area contributed by atoms with Gasteiger partial charge in [0.1, 0.15) is 11.5 Å². The van der Waals surface area contributed by atoms with Crippen molar-refractivity contribution in [2.24, 2.45) is 0 Å². The van der Waals surface area contributed by atoms with Gasteiger partial charge in [0.25, 0.3) is 0 Å². The van der Waals surface area contributed by atoms with Gasteiger partial charge in [0.15, 0.2) is 0 Å². The zero-order chi connectivity index (χ0) is 10.6. The maximum Gasteiger partial charge on any atom is 0.134 e. The Balaban J connectivity index is 2.96. The number of hydrogen-bond donors (Lipinski definition) is 0. The largest absolute Gasteiger partial charge is 0.494 e. The number of ketones is 1. The van der Waals surface area contributed by atoms with Gasteiger partial charge in [-0.1, -0.05) is 11.6 Å². The molecule has 0 spiro atoms. The maximum atomic E-state index is 11.0. The van der Waals surface area contributed by atoms with E-state index in [-0.39, 0.29) is 5.78 Å². The zero-order valence-electron chi connectivity index (χ0n) is 8.34. The van der Waals surface area contributed by atoms with E-state index in [1.807, 2.05) is 6.92 Å². The van der Waals surface area contributed by atoms with Crippen LogP contribution in [0.15, 0.2) is 18.2 Å². The Morgan fingerprint density at radius 3 is 2.79 bits per heavy atom. The number of benzene rings is 1. The minimum Gasteiger partial charge on any atom is -0.494 e. The van der Waals surface area contributed by atoms with E-state index in [0.717, 1.165) is 11.3 Å². The number of ether oxygens (including phenoxy) is 1. The number of carbonyl (C=O) groups excluding carboxylic acids is 1. The van der Waals surface area contributed by atoms with Gasteiger partial charge in [0, 0.05) is 17.0 Å². The predicted octanol–water partition coefficient (Wildman–Crippen LogP) is 2.87. The standard InChI is InChI=1S/C11H13ClO2/c1-3-14-11-5-4-10(12)7-9(11)6-8(2)13/h4-5,7H,3,6H2,1-2H3. The normalized spacial score (nSPS) is 9.93. The molecule has 1 rings (SSSR count). The average molecular weight is 213 g/mol. The summed E-state index contributed by atoms with van der Waals surface area (Å²) < 4.78 is 5.38. The van der Waals surface area contributed by atoms with Gasteiger partial charge in [-0.2, -0.15) is 0 Å². The summed E-state index contributed by atoms with van der Waals surface area (Å²) >= 11 is 5.83. The van der Waals surface area contributed by atoms with Crippen LogP contribution in [0.4, 0.5) is 0 Å². The van der Waals surface area contributed by atoms with Crippen molar-refractivity contribution >= 4 is 17.4 Å². The first kappa shape index (κ1) is 11.1. The van der Waals surface area contributed by atoms with Crippen LogP contribution in [0.1, 0.15) is 19.4 Å². The van der Waals surface area contributed by atoms with Crippen molar-refractivity contribution in [3.05, 3.63) is 28.8 Å². The average Bonchev–Trinajstić information content (AvgIpc) is 2.09. The molecule has 0 fully saturated rings. The highest BCUT2D eigenvalue weighted by Gasteiger charge is 2.06. The van der Waals surface area contributed by atoms with Gasteiger partial charge in [0.05, 0.1) is 6.61 Å². The molecule has 0 aliphatic heterocycles. The van der Waals surface area contributed by atoms with Crippen molar-refractivity contribution < 1.29 is 9.53 Å². The van der Waals surface area contributed by atoms with Crippen LogP contribution in [0.2, 0.25) is 5.02 Å². The third-order valence-corrected chi connectivity index (χ3v) is 2.00. The van der Waals surface area contributed by atoms with Crippen molar-refractivity contribution in [2.45, 2.75) is 20.3 Å². The lowest BCUT2D eigenvalue weighted by molar-refractivity contribution is -0.116. The molecule has 76 valence electrons. The second kappa shape index (κ2) is 5.01. The minimum atomic E-state index is 0.105. The fraction of sp³-hybridized carbons (Fsp3) is 0.364. The fourth-order valence-electron chi connectivity index (χ4n) is 1.25. The van der Waals surface area contributed by atoms with Gasteiger partial charge in [-0.15, -0.1) is 0 Å². The molecule has 0 atom stereocenters. The summed E-state index contributed by atoms with van der Waals surface area (Å²) in [4.78, 5) is 11.0. The molecular weight excluding hydrogens is 200 g/mol. The molecule has 14 heavy (non-hydrogen) atoms. The Morgan fingerprint density at radius 2 is 2.21 bits per heavy atom. The van der Waals surface area contributed by atoms with Crippen molar-refractivity contribution in [3.8, 4) is 5.75 Å². The molecule has 1 aromatic carbocycles. The molecule has 0 radical (unpaired) electrons. The second-order valence-electron chi connectivity index (χ2n) is 3.06. The monoisotopic (exact) mass is 212 g/mol. The van der Waals surface area contributed by atoms with E-state index in [1.165, 1.54) is 0 Å². The van der Waals surface area contributed by atoms with Crippen LogP contribution >= 0.6 is 11.6 Å². The number of Topliss-reactive ketones (excluding diaryl/α,β-unsaturated/α-hetero) is 1. The Hall–Kier alpha value is -1.02. The van der Waals surface area contributed by atoms with E-state index in [1.54, 1.807) is 25.1 Å². The molecule has 0 heterocycles. The van der Waals surface area contributed by atoms with E-state index in [4.69, 9.17) is 16.3 Å². The maximum absolute atomic E-state index is 11.0. The predicted molar refractivity (Wildman–Crippen MR) is 57.0 cm³/mol. The molecule has 2 nitrogen and oxygen atoms in total. The summed E-state index contributed by atoms with van der Waals surface area (Å²) in [6.07, 6.45) is 0.371. The van der Waals surface area contributed by atoms with Crippen LogP contribution in [0.25, 0.3) is 0 Å². The molecular formula is C11H13ClO2. The number of hydrogen-bond acceptors (Lipinski definition) is 2. The van der Waals surface area contributed by atoms with E-state index in [2.05, 4.69) is 0 Å². The Labute approximate surface area is 88.8 Å². The van der Waals surface area contributed by atoms with Crippen LogP contribution in [-0.4, -0.2) is 12.4 Å². The van der Waals surface area contributed by atoms with Gasteiger partial charge in [-0.3, -0.25) is 4.79 Å². The third-order valence-electron chi connectivity index (χ3n) is 1.76. The van der Waals surface area contributed by atoms with Crippen LogP contribution in [0.5, 0.6) is 5.75 Å². The SMILES string of the molecule is CCOc1ccc(Cl)cc1CC(C)=O. The van der Waals surface area contributed by atoms with Crippen LogP contribution in [-0.2, 0) is 11.2 Å². The molecule has 0 saturated carbocycles. The smallest absolute Gasteiger partial charge is 0.134 e. The van der Waals surface area contributed by atoms with Gasteiger partial charge < -0.3 is 4.74 Å². The number of carbonyl (C=O) groups is 1. The fourth-order valence-corrected chi connectivity index (χ4v) is 1.45. The van der Waals surface area contributed by atoms with Gasteiger partial charge in [-0.25, -0.2) is 0 Å². The molecule has 3 heteroatoms. The molecule has 0 aliphatic carbocycles. The minimum absolute atomic E-state index is 0.105. The van der Waals surface area contributed by atoms with Crippen molar-refractivity contribution in [3.63, 3.8) is 0 Å². The summed E-state index contributed by atoms with van der Waals surface area (Å²) in [7, 11) is 0. The van der Waals surface area contributed by atoms with Crippen LogP contribution in [0, 0.1) is 0 Å². The molecule has 0 unspecified atom stereocenters. The van der Waals surface area contributed by atoms with Crippen LogP contribution < -0.4 is 4.74 Å². The van der Waals surface area contributed by atoms with Gasteiger partial charge in [-0.05, 0) is 32.0 Å². The van der Waals surface area contributed by atoms with Crippen molar-refractivity contribution in [1.82, 2.24) is 0 Å². The number of rotatable bonds is 4. The molecule has 0 aromatic heterocycles. The van der Waals surface area contributed by atoms with E-state index in [9.17, 15) is 4.79 Å². The first-order valence-corrected chi connectivity index (χ1v) is 4.92. The zero-order valence-corrected chi connectivity index (χ0v) is 9.10. The Bertz CT molecular complexity index is 334. The molecule has 0 amide bonds. The third kappa shape index (κ3) is 3.04. The van der Waals surface area contributed by atoms with Gasteiger partial charge >= 0.3 is 0 Å². The first-order chi connectivity index (χ1) is 6.63. The lowest BCUT2D eigenvalue weighted by Gasteiger charge is -2.08. The van der Waals surface area contributed by atoms with Crippen LogP contribution in [0.3, 0.4) is 0 Å². The summed E-state index contributed by atoms with van der Waals surface area (Å²) in [5.41, 5.74) is 0.854. The second-order valence-corrected chi connectivity index (χ2v) is 3.50. The van der Waals surface area contributed by atoms with Gasteiger partial charge in [0.2, 0.25) is 0 Å². The molecule has 0 N–H and O–H groups in total. The summed E-state index contributed by atoms with van der Waals surface area (Å²) in [6.45, 7) is 4.05. The molecule has 0 bridgehead atoms. The van der Waals surface area contributed by atoms with Crippen molar-refractivity contribution in [2.75, 3.05) is 6.61 Å². The summed E-state index contributed by atoms with van der Waals surface area (Å²) in [5.74, 6) is 0.848. The first-order valence-electron chi connectivity index (χ1n) is 4.54. The topological polar surface area (TPSA) is 26.3 Å². The quantitative estimate of drug-likeness (QED) is 0.767. The molecule has 0 aliphatic rings. The van der Waals surface area contributed by atoms with Crippen molar-refractivity contribution in [1.29, 1.82) is 0 Å². The molecule has 0 saturated heterocycles. The summed E-state index contributed by atoms with van der Waals surface area (Å²) in [6, 6.07) is 5.33. The van der Waals surface area contributed by atoms with E-state index >= 15 is 0 Å². The number of halogens is 1. The highest BCUT2D eigenvalue weighted by Crippen LogP contribution is 2.23. The lowest BCUT2D eigenvalue weighted by Crippen LogP contribution is -2.01. The van der Waals surface area contributed by atoms with E-state index < -0.39 is 0 Å². The Kier molecular flexibility index (Phi) is 3.96. The Morgan fingerprint density at radius 1 is 1.50 bits per heavy atom.